The van der Waals surface area contributed by atoms with Crippen LogP contribution in [0.5, 0.6) is 17.2 Å². The van der Waals surface area contributed by atoms with E-state index < -0.39 is 0 Å². The smallest absolute Gasteiger partial charge is 0.242 e. The van der Waals surface area contributed by atoms with Crippen molar-refractivity contribution in [3.8, 4) is 17.2 Å². The molecule has 7 nitrogen and oxygen atoms in total. The number of phenolic OH excluding ortho intramolecular Hbond substituents is 1. The van der Waals surface area contributed by atoms with Crippen LogP contribution in [0.15, 0.2) is 42.5 Å². The van der Waals surface area contributed by atoms with Crippen LogP contribution in [-0.4, -0.2) is 42.2 Å². The van der Waals surface area contributed by atoms with Gasteiger partial charge >= 0.3 is 0 Å². The first-order chi connectivity index (χ1) is 16.0. The Kier molecular flexibility index (Phi) is 7.10. The summed E-state index contributed by atoms with van der Waals surface area (Å²) in [5.74, 6) is 2.16. The van der Waals surface area contributed by atoms with Crippen molar-refractivity contribution < 1.29 is 19.4 Å². The van der Waals surface area contributed by atoms with Gasteiger partial charge in [-0.05, 0) is 42.5 Å². The van der Waals surface area contributed by atoms with Gasteiger partial charge in [0.25, 0.3) is 0 Å². The highest BCUT2D eigenvalue weighted by molar-refractivity contribution is 5.86. The number of phenols is 1. The van der Waals surface area contributed by atoms with E-state index in [1.54, 1.807) is 13.2 Å². The van der Waals surface area contributed by atoms with E-state index in [0.717, 1.165) is 24.0 Å². The number of ether oxygens (including phenoxy) is 2. The van der Waals surface area contributed by atoms with E-state index >= 15 is 0 Å². The van der Waals surface area contributed by atoms with Crippen LogP contribution in [0.2, 0.25) is 0 Å². The van der Waals surface area contributed by atoms with Crippen LogP contribution in [0, 0.1) is 11.8 Å². The van der Waals surface area contributed by atoms with Crippen molar-refractivity contribution in [2.24, 2.45) is 11.8 Å². The quantitative estimate of drug-likeness (QED) is 0.533. The van der Waals surface area contributed by atoms with E-state index in [2.05, 4.69) is 31.6 Å². The lowest BCUT2D eigenvalue weighted by molar-refractivity contribution is -0.130. The lowest BCUT2D eigenvalue weighted by Crippen LogP contribution is -2.41. The molecule has 4 unspecified atom stereocenters. The number of rotatable bonds is 9. The number of hydrazine groups is 1. The van der Waals surface area contributed by atoms with Crippen LogP contribution in [0.1, 0.15) is 56.8 Å². The van der Waals surface area contributed by atoms with E-state index in [9.17, 15) is 9.90 Å². The molecular weight excluding hydrogens is 418 g/mol. The molecule has 0 aliphatic carbocycles. The van der Waals surface area contributed by atoms with Gasteiger partial charge in [0, 0.05) is 18.0 Å². The lowest BCUT2D eigenvalue weighted by atomic mass is 9.83. The molecule has 2 aromatic carbocycles. The molecule has 178 valence electrons. The van der Waals surface area contributed by atoms with Crippen molar-refractivity contribution >= 4 is 5.91 Å². The summed E-state index contributed by atoms with van der Waals surface area (Å²) >= 11 is 0. The van der Waals surface area contributed by atoms with Crippen LogP contribution in [0.3, 0.4) is 0 Å². The molecular formula is C26H35N3O4. The van der Waals surface area contributed by atoms with Gasteiger partial charge in [-0.3, -0.25) is 4.79 Å². The lowest BCUT2D eigenvalue weighted by Gasteiger charge is -2.31. The molecule has 4 rings (SSSR count). The average Bonchev–Trinajstić information content (AvgIpc) is 3.34. The Bertz CT molecular complexity index is 980. The first kappa shape index (κ1) is 23.4. The zero-order valence-electron chi connectivity index (χ0n) is 19.9. The predicted octanol–water partition coefficient (Wildman–Crippen LogP) is 3.95. The maximum Gasteiger partial charge on any atom is 0.242 e. The second-order valence-corrected chi connectivity index (χ2v) is 9.30. The minimum atomic E-state index is -0.362. The van der Waals surface area contributed by atoms with Gasteiger partial charge in [-0.25, -0.2) is 10.9 Å². The zero-order chi connectivity index (χ0) is 23.5. The SMILES string of the molecule is CCCN1C(=O)C2NNC(c3ccccc3O)C2C1c1ccc(OCCC(C)C)c(OC)c1. The maximum atomic E-state index is 13.4. The van der Waals surface area contributed by atoms with E-state index in [-0.39, 0.29) is 35.7 Å². The van der Waals surface area contributed by atoms with E-state index in [1.807, 2.05) is 41.3 Å². The zero-order valence-corrected chi connectivity index (χ0v) is 19.9. The van der Waals surface area contributed by atoms with Gasteiger partial charge in [-0.15, -0.1) is 0 Å². The molecule has 3 N–H and O–H groups in total. The number of nitrogens with zero attached hydrogens (tertiary/aromatic N) is 1. The Hall–Kier alpha value is -2.77. The third-order valence-electron chi connectivity index (χ3n) is 6.63. The van der Waals surface area contributed by atoms with Gasteiger partial charge < -0.3 is 19.5 Å². The topological polar surface area (TPSA) is 83.1 Å². The summed E-state index contributed by atoms with van der Waals surface area (Å²) < 4.78 is 11.6. The monoisotopic (exact) mass is 453 g/mol. The Morgan fingerprint density at radius 1 is 1.09 bits per heavy atom. The molecule has 0 aromatic heterocycles. The number of fused-ring (bicyclic) bond motifs is 1. The Morgan fingerprint density at radius 3 is 2.55 bits per heavy atom. The van der Waals surface area contributed by atoms with Gasteiger partial charge in [0.2, 0.25) is 5.91 Å². The number of nitrogens with one attached hydrogen (secondary N) is 2. The molecule has 2 fully saturated rings. The number of para-hydroxylation sites is 1. The van der Waals surface area contributed by atoms with Crippen molar-refractivity contribution in [1.82, 2.24) is 15.8 Å². The molecule has 2 aromatic rings. The molecule has 2 saturated heterocycles. The molecule has 2 heterocycles. The fraction of sp³-hybridized carbons (Fsp3) is 0.500. The Balaban J connectivity index is 1.69. The van der Waals surface area contributed by atoms with Crippen molar-refractivity contribution in [1.29, 1.82) is 0 Å². The van der Waals surface area contributed by atoms with Crippen molar-refractivity contribution in [3.05, 3.63) is 53.6 Å². The van der Waals surface area contributed by atoms with Gasteiger partial charge in [0.15, 0.2) is 11.5 Å². The number of carbonyl (C=O) groups is 1. The third kappa shape index (κ3) is 4.52. The Morgan fingerprint density at radius 2 is 1.85 bits per heavy atom. The van der Waals surface area contributed by atoms with Crippen molar-refractivity contribution in [2.45, 2.75) is 51.7 Å². The van der Waals surface area contributed by atoms with Crippen molar-refractivity contribution in [2.75, 3.05) is 20.3 Å². The van der Waals surface area contributed by atoms with E-state index in [0.29, 0.717) is 30.6 Å². The van der Waals surface area contributed by atoms with Gasteiger partial charge in [-0.1, -0.05) is 45.0 Å². The number of amides is 1. The highest BCUT2D eigenvalue weighted by atomic mass is 16.5. The molecule has 0 bridgehead atoms. The van der Waals surface area contributed by atoms with Crippen molar-refractivity contribution in [3.63, 3.8) is 0 Å². The van der Waals surface area contributed by atoms with E-state index in [1.165, 1.54) is 0 Å². The fourth-order valence-electron chi connectivity index (χ4n) is 5.00. The predicted molar refractivity (Wildman–Crippen MR) is 127 cm³/mol. The maximum absolute atomic E-state index is 13.4. The van der Waals surface area contributed by atoms with Gasteiger partial charge in [0.05, 0.1) is 25.8 Å². The molecule has 7 heteroatoms. The minimum Gasteiger partial charge on any atom is -0.508 e. The number of hydrogen-bond donors (Lipinski definition) is 3. The van der Waals surface area contributed by atoms with E-state index in [4.69, 9.17) is 9.47 Å². The van der Waals surface area contributed by atoms with Crippen LogP contribution in [0.25, 0.3) is 0 Å². The average molecular weight is 454 g/mol. The van der Waals surface area contributed by atoms with Crippen LogP contribution in [-0.2, 0) is 4.79 Å². The first-order valence-electron chi connectivity index (χ1n) is 11.9. The largest absolute Gasteiger partial charge is 0.508 e. The summed E-state index contributed by atoms with van der Waals surface area (Å²) in [6, 6.07) is 12.6. The van der Waals surface area contributed by atoms with Crippen LogP contribution in [0.4, 0.5) is 0 Å². The highest BCUT2D eigenvalue weighted by Crippen LogP contribution is 2.49. The fourth-order valence-corrected chi connectivity index (χ4v) is 5.00. The molecule has 4 atom stereocenters. The van der Waals surface area contributed by atoms with Crippen LogP contribution >= 0.6 is 0 Å². The number of benzene rings is 2. The number of hydrogen-bond acceptors (Lipinski definition) is 6. The highest BCUT2D eigenvalue weighted by Gasteiger charge is 2.55. The first-order valence-corrected chi connectivity index (χ1v) is 11.9. The van der Waals surface area contributed by atoms with Crippen LogP contribution < -0.4 is 20.3 Å². The molecule has 1 amide bonds. The minimum absolute atomic E-state index is 0.0773. The summed E-state index contributed by atoms with van der Waals surface area (Å²) in [4.78, 5) is 15.3. The van der Waals surface area contributed by atoms with Gasteiger partial charge in [0.1, 0.15) is 11.8 Å². The summed E-state index contributed by atoms with van der Waals surface area (Å²) in [7, 11) is 1.64. The summed E-state index contributed by atoms with van der Waals surface area (Å²) in [5, 5.41) is 10.5. The second kappa shape index (κ2) is 10.0. The summed E-state index contributed by atoms with van der Waals surface area (Å²) in [5.41, 5.74) is 8.27. The molecule has 33 heavy (non-hydrogen) atoms. The van der Waals surface area contributed by atoms with Gasteiger partial charge in [-0.2, -0.15) is 0 Å². The standard InChI is InChI=1S/C26H35N3O4/c1-5-13-29-25(17-10-11-20(21(15-17)32-4)33-14-12-16(2)3)22-23(27-28-24(22)26(29)31)18-8-6-7-9-19(18)30/h6-11,15-16,22-25,27-28,30H,5,12-14H2,1-4H3. The second-order valence-electron chi connectivity index (χ2n) is 9.30. The molecule has 0 radical (unpaired) electrons. The molecule has 2 aliphatic rings. The number of carbonyl (C=O) groups excluding carboxylic acids is 1. The normalized spacial score (nSPS) is 24.4. The third-order valence-corrected chi connectivity index (χ3v) is 6.63. The number of methoxy groups -OCH3 is 1. The summed E-state index contributed by atoms with van der Waals surface area (Å²) in [6.45, 7) is 7.72. The molecule has 0 saturated carbocycles. The molecule has 2 aliphatic heterocycles. The number of aromatic hydroxyl groups is 1. The number of likely N-dealkylation sites (tertiary alicyclic amines) is 1. The molecule has 0 spiro atoms. The Labute approximate surface area is 196 Å². The summed E-state index contributed by atoms with van der Waals surface area (Å²) in [6.07, 6.45) is 1.83.